The van der Waals surface area contributed by atoms with Crippen molar-refractivity contribution in [3.05, 3.63) is 152 Å². The zero-order valence-electron chi connectivity index (χ0n) is 31.0. The molecular formula is C43H34Si. The first-order chi connectivity index (χ1) is 24.0. The normalized spacial score (nSPS) is 13.9. The number of benzene rings is 8. The van der Waals surface area contributed by atoms with Gasteiger partial charge in [-0.2, -0.15) is 0 Å². The second-order valence-corrected chi connectivity index (χ2v) is 17.4. The highest BCUT2D eigenvalue weighted by Gasteiger charge is 2.22. The molecule has 0 bridgehead atoms. The Bertz CT molecular complexity index is 2680. The highest BCUT2D eigenvalue weighted by Crippen LogP contribution is 2.46. The smallest absolute Gasteiger partial charge is 0.0656 e. The molecule has 0 heterocycles. The van der Waals surface area contributed by atoms with Crippen LogP contribution in [0.25, 0.3) is 76.5 Å². The Morgan fingerprint density at radius 3 is 1.64 bits per heavy atom. The average molecular weight is 585 g/mol. The minimum absolute atomic E-state index is 0.00579. The zero-order valence-corrected chi connectivity index (χ0v) is 26.0. The molecule has 0 saturated heterocycles. The van der Waals surface area contributed by atoms with Gasteiger partial charge in [-0.3, -0.25) is 0 Å². The van der Waals surface area contributed by atoms with E-state index in [4.69, 9.17) is 0 Å². The first-order valence-corrected chi connectivity index (χ1v) is 18.6. The number of hydrogen-bond acceptors (Lipinski definition) is 0. The standard InChI is InChI=1S/C43H34Si/c1-44(2,3)33-24-26-39-41(28-33)43(37-22-12-18-30-14-8-10-20-35(30)37)40-27-32(36-21-11-17-29-13-7-9-19-34(29)36)23-25-38(40)42(39)31-15-5-4-6-16-31/h4-28H,1-3H3/i23D,24D,25D,26D,27D,28D. The van der Waals surface area contributed by atoms with Crippen molar-refractivity contribution in [1.29, 1.82) is 0 Å². The molecule has 0 radical (unpaired) electrons. The molecule has 44 heavy (non-hydrogen) atoms. The second kappa shape index (κ2) is 10.3. The predicted octanol–water partition coefficient (Wildman–Crippen LogP) is 11.8. The summed E-state index contributed by atoms with van der Waals surface area (Å²) in [6, 6.07) is 37.6. The predicted molar refractivity (Wildman–Crippen MR) is 196 cm³/mol. The van der Waals surface area contributed by atoms with Gasteiger partial charge >= 0.3 is 0 Å². The van der Waals surface area contributed by atoms with Gasteiger partial charge in [0.15, 0.2) is 0 Å². The summed E-state index contributed by atoms with van der Waals surface area (Å²) in [7, 11) is -2.35. The summed E-state index contributed by atoms with van der Waals surface area (Å²) in [5.41, 5.74) is 3.69. The maximum atomic E-state index is 10.1. The summed E-state index contributed by atoms with van der Waals surface area (Å²) in [4.78, 5) is 0. The lowest BCUT2D eigenvalue weighted by atomic mass is 9.83. The molecule has 0 fully saturated rings. The maximum Gasteiger partial charge on any atom is 0.0776 e. The zero-order chi connectivity index (χ0) is 35.1. The third-order valence-electron chi connectivity index (χ3n) is 8.56. The molecule has 0 saturated carbocycles. The molecule has 0 aromatic heterocycles. The third-order valence-corrected chi connectivity index (χ3v) is 10.3. The average Bonchev–Trinajstić information content (AvgIpc) is 3.11. The van der Waals surface area contributed by atoms with E-state index in [9.17, 15) is 8.22 Å². The van der Waals surface area contributed by atoms with Crippen molar-refractivity contribution in [3.63, 3.8) is 0 Å². The molecule has 0 N–H and O–H groups in total. The van der Waals surface area contributed by atoms with Gasteiger partial charge in [-0.25, -0.2) is 0 Å². The van der Waals surface area contributed by atoms with Gasteiger partial charge in [0.25, 0.3) is 0 Å². The van der Waals surface area contributed by atoms with Crippen LogP contribution in [0.4, 0.5) is 0 Å². The van der Waals surface area contributed by atoms with Crippen molar-refractivity contribution in [3.8, 4) is 33.4 Å². The highest BCUT2D eigenvalue weighted by molar-refractivity contribution is 6.88. The van der Waals surface area contributed by atoms with E-state index in [1.165, 1.54) is 0 Å². The largest absolute Gasteiger partial charge is 0.0776 e. The van der Waals surface area contributed by atoms with Gasteiger partial charge in [0, 0.05) is 0 Å². The molecule has 210 valence electrons. The first kappa shape index (κ1) is 20.8. The van der Waals surface area contributed by atoms with Crippen LogP contribution < -0.4 is 5.19 Å². The van der Waals surface area contributed by atoms with Crippen LogP contribution in [0.3, 0.4) is 0 Å². The van der Waals surface area contributed by atoms with Crippen molar-refractivity contribution in [2.45, 2.75) is 19.6 Å². The molecule has 8 aromatic carbocycles. The van der Waals surface area contributed by atoms with Crippen LogP contribution in [0.5, 0.6) is 0 Å². The Kier molecular flexibility index (Phi) is 4.89. The summed E-state index contributed by atoms with van der Waals surface area (Å²) in [6.07, 6.45) is 0. The van der Waals surface area contributed by atoms with E-state index in [1.54, 1.807) is 0 Å². The molecule has 0 spiro atoms. The van der Waals surface area contributed by atoms with Crippen LogP contribution in [0, 0.1) is 0 Å². The summed E-state index contributed by atoms with van der Waals surface area (Å²) >= 11 is 0. The fourth-order valence-corrected chi connectivity index (χ4v) is 7.31. The number of rotatable bonds is 4. The number of hydrogen-bond donors (Lipinski definition) is 0. The van der Waals surface area contributed by atoms with Crippen molar-refractivity contribution >= 4 is 56.4 Å². The SMILES string of the molecule is [2H]c1c(-c2cccc3ccccc23)c([2H])c2c(-c3cccc4ccccc34)c3c([2H])c([Si](C)(C)C)c([2H])c([2H])c3c(-c3ccccc3)c2c1[2H]. The van der Waals surface area contributed by atoms with Crippen LogP contribution in [-0.2, 0) is 0 Å². The van der Waals surface area contributed by atoms with Crippen LogP contribution in [0.2, 0.25) is 19.6 Å². The molecule has 1 heteroatoms. The van der Waals surface area contributed by atoms with Crippen molar-refractivity contribution in [2.24, 2.45) is 0 Å². The Labute approximate surface area is 268 Å². The van der Waals surface area contributed by atoms with Crippen LogP contribution in [0.1, 0.15) is 8.22 Å². The Morgan fingerprint density at radius 1 is 0.409 bits per heavy atom. The minimum atomic E-state index is -2.35. The van der Waals surface area contributed by atoms with Gasteiger partial charge in [0.05, 0.1) is 16.3 Å². The van der Waals surface area contributed by atoms with Crippen LogP contribution in [0.15, 0.2) is 152 Å². The van der Waals surface area contributed by atoms with Crippen molar-refractivity contribution < 1.29 is 8.22 Å². The fourth-order valence-electron chi connectivity index (χ4n) is 6.37. The van der Waals surface area contributed by atoms with Crippen molar-refractivity contribution in [2.75, 3.05) is 0 Å². The molecule has 0 aliphatic carbocycles. The molecule has 0 nitrogen and oxygen atoms in total. The van der Waals surface area contributed by atoms with E-state index in [0.29, 0.717) is 54.5 Å². The Hall–Kier alpha value is -4.98. The molecule has 0 unspecified atom stereocenters. The van der Waals surface area contributed by atoms with Gasteiger partial charge in [-0.1, -0.05) is 170 Å². The molecule has 8 aromatic rings. The van der Waals surface area contributed by atoms with Crippen LogP contribution >= 0.6 is 0 Å². The lowest BCUT2D eigenvalue weighted by molar-refractivity contribution is 1.65. The molecule has 0 amide bonds. The highest BCUT2D eigenvalue weighted by atomic mass is 28.3. The van der Waals surface area contributed by atoms with Gasteiger partial charge < -0.3 is 0 Å². The van der Waals surface area contributed by atoms with Crippen molar-refractivity contribution in [1.82, 2.24) is 0 Å². The Morgan fingerprint density at radius 2 is 0.955 bits per heavy atom. The summed E-state index contributed by atoms with van der Waals surface area (Å²) in [6.45, 7) is 6.30. The van der Waals surface area contributed by atoms with E-state index < -0.39 is 8.07 Å². The van der Waals surface area contributed by atoms with E-state index in [1.807, 2.05) is 115 Å². The van der Waals surface area contributed by atoms with E-state index >= 15 is 0 Å². The fraction of sp³-hybridized carbons (Fsp3) is 0.0698. The molecule has 0 aliphatic heterocycles. The number of fused-ring (bicyclic) bond motifs is 4. The lowest BCUT2D eigenvalue weighted by Gasteiger charge is -2.23. The van der Waals surface area contributed by atoms with Gasteiger partial charge in [-0.15, -0.1) is 0 Å². The van der Waals surface area contributed by atoms with E-state index in [2.05, 4.69) is 19.6 Å². The summed E-state index contributed by atoms with van der Waals surface area (Å²) < 4.78 is 58.3. The minimum Gasteiger partial charge on any atom is -0.0656 e. The van der Waals surface area contributed by atoms with Gasteiger partial charge in [0.1, 0.15) is 0 Å². The summed E-state index contributed by atoms with van der Waals surface area (Å²) in [5.74, 6) is 0. The molecular weight excluding hydrogens is 545 g/mol. The van der Waals surface area contributed by atoms with E-state index in [-0.39, 0.29) is 36.3 Å². The lowest BCUT2D eigenvalue weighted by Crippen LogP contribution is -2.37. The van der Waals surface area contributed by atoms with Gasteiger partial charge in [-0.05, 0) is 82.5 Å². The second-order valence-electron chi connectivity index (χ2n) is 12.4. The molecule has 0 atom stereocenters. The molecule has 8 rings (SSSR count). The molecule has 0 aliphatic rings. The van der Waals surface area contributed by atoms with Gasteiger partial charge in [0.2, 0.25) is 0 Å². The first-order valence-electron chi connectivity index (χ1n) is 18.1. The summed E-state index contributed by atoms with van der Waals surface area (Å²) in [5, 5.41) is 6.16. The maximum absolute atomic E-state index is 10.1. The quantitative estimate of drug-likeness (QED) is 0.143. The monoisotopic (exact) mass is 584 g/mol. The van der Waals surface area contributed by atoms with E-state index in [0.717, 1.165) is 27.1 Å². The third kappa shape index (κ3) is 4.35. The topological polar surface area (TPSA) is 0 Å². The van der Waals surface area contributed by atoms with Crippen LogP contribution in [-0.4, -0.2) is 8.07 Å². The Balaban J connectivity index is 1.74.